The Bertz CT molecular complexity index is 374. The number of allylic oxidation sites excluding steroid dienone is 2. The molecule has 0 saturated carbocycles. The highest BCUT2D eigenvalue weighted by Gasteiger charge is 2.14. The smallest absolute Gasteiger partial charge is 0.309 e. The molecule has 0 saturated heterocycles. The molecule has 0 aliphatic carbocycles. The highest BCUT2D eigenvalue weighted by Crippen LogP contribution is 2.21. The Morgan fingerprint density at radius 3 is 1.74 bits per heavy atom. The average molecular weight is 269 g/mol. The van der Waals surface area contributed by atoms with Gasteiger partial charge in [0.05, 0.1) is 27.1 Å². The van der Waals surface area contributed by atoms with E-state index < -0.39 is 0 Å². The third-order valence-corrected chi connectivity index (χ3v) is 2.74. The maximum Gasteiger partial charge on any atom is 0.309 e. The summed E-state index contributed by atoms with van der Waals surface area (Å²) in [4.78, 5) is 24.7. The van der Waals surface area contributed by atoms with Crippen LogP contribution < -0.4 is 0 Å². The number of hydrogen-bond acceptors (Lipinski definition) is 5. The standard InChI is InChI=1S/C14H23NO4/c1-10(9-15(3)4)11(2)12(7-13(16)18-5)8-14(17)19-6/h9H,7-8H2,1-6H3/b10-9+. The average Bonchev–Trinajstić information content (AvgIpc) is 2.35. The van der Waals surface area contributed by atoms with Crippen molar-refractivity contribution in [1.82, 2.24) is 4.90 Å². The van der Waals surface area contributed by atoms with Crippen LogP contribution in [0.5, 0.6) is 0 Å². The lowest BCUT2D eigenvalue weighted by molar-refractivity contribution is -0.140. The summed E-state index contributed by atoms with van der Waals surface area (Å²) in [5.41, 5.74) is 2.62. The van der Waals surface area contributed by atoms with Crippen molar-refractivity contribution in [2.24, 2.45) is 0 Å². The molecule has 0 N–H and O–H groups in total. The number of carbonyl (C=O) groups is 2. The van der Waals surface area contributed by atoms with Gasteiger partial charge in [0, 0.05) is 20.3 Å². The molecule has 108 valence electrons. The molecule has 0 bridgehead atoms. The van der Waals surface area contributed by atoms with Crippen LogP contribution in [0.15, 0.2) is 22.9 Å². The molecule has 0 fully saturated rings. The fraction of sp³-hybridized carbons (Fsp3) is 0.571. The molecule has 5 heteroatoms. The second kappa shape index (κ2) is 8.34. The molecule has 0 amide bonds. The van der Waals surface area contributed by atoms with Crippen molar-refractivity contribution in [3.05, 3.63) is 22.9 Å². The van der Waals surface area contributed by atoms with Crippen LogP contribution in [-0.4, -0.2) is 45.2 Å². The predicted octanol–water partition coefficient (Wildman–Crippen LogP) is 1.89. The summed E-state index contributed by atoms with van der Waals surface area (Å²) in [6, 6.07) is 0. The Morgan fingerprint density at radius 1 is 1.00 bits per heavy atom. The Morgan fingerprint density at radius 2 is 1.42 bits per heavy atom. The van der Waals surface area contributed by atoms with Gasteiger partial charge in [0.1, 0.15) is 0 Å². The molecule has 19 heavy (non-hydrogen) atoms. The topological polar surface area (TPSA) is 55.8 Å². The fourth-order valence-electron chi connectivity index (χ4n) is 1.58. The SMILES string of the molecule is COC(=O)CC(CC(=O)OC)=C(C)/C(C)=C/N(C)C. The van der Waals surface area contributed by atoms with Gasteiger partial charge in [-0.25, -0.2) is 0 Å². The lowest BCUT2D eigenvalue weighted by Gasteiger charge is -2.13. The van der Waals surface area contributed by atoms with Gasteiger partial charge < -0.3 is 14.4 Å². The van der Waals surface area contributed by atoms with Gasteiger partial charge in [-0.15, -0.1) is 0 Å². The molecular weight excluding hydrogens is 246 g/mol. The minimum atomic E-state index is -0.365. The highest BCUT2D eigenvalue weighted by atomic mass is 16.5. The second-order valence-corrected chi connectivity index (χ2v) is 4.51. The van der Waals surface area contributed by atoms with E-state index in [0.29, 0.717) is 5.57 Å². The first-order valence-electron chi connectivity index (χ1n) is 5.99. The third-order valence-electron chi connectivity index (χ3n) is 2.74. The van der Waals surface area contributed by atoms with E-state index in [1.54, 1.807) is 0 Å². The maximum absolute atomic E-state index is 11.4. The van der Waals surface area contributed by atoms with Crippen molar-refractivity contribution >= 4 is 11.9 Å². The number of esters is 2. The predicted molar refractivity (Wildman–Crippen MR) is 73.4 cm³/mol. The number of methoxy groups -OCH3 is 2. The van der Waals surface area contributed by atoms with Gasteiger partial charge in [0.2, 0.25) is 0 Å². The van der Waals surface area contributed by atoms with E-state index in [4.69, 9.17) is 0 Å². The van der Waals surface area contributed by atoms with Crippen molar-refractivity contribution in [2.45, 2.75) is 26.7 Å². The number of carbonyl (C=O) groups excluding carboxylic acids is 2. The first-order chi connectivity index (χ1) is 8.81. The Kier molecular flexibility index (Phi) is 7.56. The molecule has 0 aliphatic heterocycles. The quantitative estimate of drug-likeness (QED) is 0.544. The molecule has 0 aromatic heterocycles. The van der Waals surface area contributed by atoms with Crippen LogP contribution in [0.1, 0.15) is 26.7 Å². The van der Waals surface area contributed by atoms with E-state index in [2.05, 4.69) is 9.47 Å². The number of hydrogen-bond donors (Lipinski definition) is 0. The van der Waals surface area contributed by atoms with Crippen molar-refractivity contribution in [3.8, 4) is 0 Å². The third kappa shape index (κ3) is 6.64. The minimum Gasteiger partial charge on any atom is -0.469 e. The van der Waals surface area contributed by atoms with E-state index in [-0.39, 0.29) is 24.8 Å². The van der Waals surface area contributed by atoms with Gasteiger partial charge in [0.15, 0.2) is 0 Å². The van der Waals surface area contributed by atoms with Crippen LogP contribution >= 0.6 is 0 Å². The van der Waals surface area contributed by atoms with Gasteiger partial charge in [-0.05, 0) is 30.6 Å². The Hall–Kier alpha value is -1.78. The van der Waals surface area contributed by atoms with E-state index >= 15 is 0 Å². The summed E-state index contributed by atoms with van der Waals surface area (Å²) in [7, 11) is 6.49. The molecule has 0 aromatic carbocycles. The second-order valence-electron chi connectivity index (χ2n) is 4.51. The van der Waals surface area contributed by atoms with Crippen molar-refractivity contribution in [1.29, 1.82) is 0 Å². The summed E-state index contributed by atoms with van der Waals surface area (Å²) < 4.78 is 9.30. The first-order valence-corrected chi connectivity index (χ1v) is 5.99. The molecule has 0 heterocycles. The summed E-state index contributed by atoms with van der Waals surface area (Å²) in [5, 5.41) is 0. The molecule has 0 aromatic rings. The largest absolute Gasteiger partial charge is 0.469 e. The number of rotatable bonds is 6. The molecule has 5 nitrogen and oxygen atoms in total. The highest BCUT2D eigenvalue weighted by molar-refractivity contribution is 5.78. The van der Waals surface area contributed by atoms with Gasteiger partial charge >= 0.3 is 11.9 Å². The Balaban J connectivity index is 5.28. The van der Waals surface area contributed by atoms with Crippen molar-refractivity contribution in [2.75, 3.05) is 28.3 Å². The molecule has 0 radical (unpaired) electrons. The van der Waals surface area contributed by atoms with Gasteiger partial charge in [0.25, 0.3) is 0 Å². The Labute approximate surface area is 114 Å². The van der Waals surface area contributed by atoms with Gasteiger partial charge in [-0.2, -0.15) is 0 Å². The molecule has 0 unspecified atom stereocenters. The van der Waals surface area contributed by atoms with Crippen LogP contribution in [-0.2, 0) is 19.1 Å². The zero-order valence-electron chi connectivity index (χ0n) is 12.6. The van der Waals surface area contributed by atoms with Crippen LogP contribution in [0.3, 0.4) is 0 Å². The number of ether oxygens (including phenoxy) is 2. The molecule has 0 spiro atoms. The minimum absolute atomic E-state index is 0.0933. The summed E-state index contributed by atoms with van der Waals surface area (Å²) >= 11 is 0. The van der Waals surface area contributed by atoms with Crippen molar-refractivity contribution in [3.63, 3.8) is 0 Å². The molecule has 0 atom stereocenters. The summed E-state index contributed by atoms with van der Waals surface area (Å²) in [5.74, 6) is -0.730. The normalized spacial score (nSPS) is 10.7. The van der Waals surface area contributed by atoms with Gasteiger partial charge in [-0.3, -0.25) is 9.59 Å². The van der Waals surface area contributed by atoms with Crippen LogP contribution in [0.4, 0.5) is 0 Å². The van der Waals surface area contributed by atoms with E-state index in [0.717, 1.165) is 11.1 Å². The zero-order chi connectivity index (χ0) is 15.0. The zero-order valence-corrected chi connectivity index (χ0v) is 12.6. The summed E-state index contributed by atoms with van der Waals surface area (Å²) in [6.07, 6.45) is 2.12. The van der Waals surface area contributed by atoms with Crippen LogP contribution in [0.25, 0.3) is 0 Å². The monoisotopic (exact) mass is 269 g/mol. The first kappa shape index (κ1) is 17.2. The number of nitrogens with zero attached hydrogens (tertiary/aromatic N) is 1. The summed E-state index contributed by atoms with van der Waals surface area (Å²) in [6.45, 7) is 3.82. The van der Waals surface area contributed by atoms with E-state index in [9.17, 15) is 9.59 Å². The molecular formula is C14H23NO4. The van der Waals surface area contributed by atoms with Crippen molar-refractivity contribution < 1.29 is 19.1 Å². The van der Waals surface area contributed by atoms with Crippen LogP contribution in [0, 0.1) is 0 Å². The lowest BCUT2D eigenvalue weighted by Crippen LogP contribution is -2.10. The van der Waals surface area contributed by atoms with E-state index in [1.807, 2.05) is 39.0 Å². The van der Waals surface area contributed by atoms with Crippen LogP contribution in [0.2, 0.25) is 0 Å². The molecule has 0 rings (SSSR count). The van der Waals surface area contributed by atoms with E-state index in [1.165, 1.54) is 14.2 Å². The lowest BCUT2D eigenvalue weighted by atomic mass is 9.98. The molecule has 0 aliphatic rings. The maximum atomic E-state index is 11.4. The van der Waals surface area contributed by atoms with Gasteiger partial charge in [-0.1, -0.05) is 0 Å². The fourth-order valence-corrected chi connectivity index (χ4v) is 1.58.